The second kappa shape index (κ2) is 9.91. The number of halogens is 1. The molecule has 0 aromatic heterocycles. The second-order valence-corrected chi connectivity index (χ2v) is 9.18. The average Bonchev–Trinajstić information content (AvgIpc) is 2.77. The molecule has 31 heavy (non-hydrogen) atoms. The predicted molar refractivity (Wildman–Crippen MR) is 116 cm³/mol. The molecule has 3 rings (SSSR count). The maximum Gasteiger partial charge on any atom is 0.261 e. The van der Waals surface area contributed by atoms with Crippen molar-refractivity contribution in [1.29, 1.82) is 0 Å². The Hall–Kier alpha value is -2.94. The largest absolute Gasteiger partial charge is 0.356 e. The number of nitrogens with one attached hydrogen (secondary N) is 2. The Kier molecular flexibility index (Phi) is 7.27. The van der Waals surface area contributed by atoms with Crippen molar-refractivity contribution in [2.24, 2.45) is 5.92 Å². The lowest BCUT2D eigenvalue weighted by atomic mass is 9.95. The van der Waals surface area contributed by atoms with Gasteiger partial charge >= 0.3 is 0 Å². The molecule has 2 N–H and O–H groups in total. The van der Waals surface area contributed by atoms with E-state index in [4.69, 9.17) is 0 Å². The molecular formula is C22H26FN3O4S. The van der Waals surface area contributed by atoms with Crippen LogP contribution in [0.5, 0.6) is 0 Å². The van der Waals surface area contributed by atoms with Gasteiger partial charge in [0, 0.05) is 36.8 Å². The zero-order valence-electron chi connectivity index (χ0n) is 17.3. The molecular weight excluding hydrogens is 421 g/mol. The third-order valence-electron chi connectivity index (χ3n) is 5.21. The summed E-state index contributed by atoms with van der Waals surface area (Å²) in [6, 6.07) is 10.7. The van der Waals surface area contributed by atoms with E-state index in [1.165, 1.54) is 24.3 Å². The minimum absolute atomic E-state index is 0.0479. The summed E-state index contributed by atoms with van der Waals surface area (Å²) in [4.78, 5) is 26.5. The van der Waals surface area contributed by atoms with E-state index in [-0.39, 0.29) is 22.6 Å². The van der Waals surface area contributed by atoms with Gasteiger partial charge in [-0.1, -0.05) is 6.92 Å². The fourth-order valence-corrected chi connectivity index (χ4v) is 4.49. The van der Waals surface area contributed by atoms with Crippen molar-refractivity contribution in [3.05, 3.63) is 59.9 Å². The van der Waals surface area contributed by atoms with Crippen LogP contribution >= 0.6 is 0 Å². The number of sulfonamides is 1. The van der Waals surface area contributed by atoms with E-state index in [0.717, 1.165) is 18.6 Å². The van der Waals surface area contributed by atoms with E-state index in [0.29, 0.717) is 43.7 Å². The number of hydrogen-bond acceptors (Lipinski definition) is 4. The summed E-state index contributed by atoms with van der Waals surface area (Å²) in [5, 5.41) is 2.90. The van der Waals surface area contributed by atoms with Crippen molar-refractivity contribution in [3.8, 4) is 0 Å². The number of rotatable bonds is 7. The molecule has 1 fully saturated rings. The number of amides is 2. The van der Waals surface area contributed by atoms with Crippen LogP contribution in [-0.4, -0.2) is 44.8 Å². The number of piperidine rings is 1. The molecule has 0 aliphatic carbocycles. The highest BCUT2D eigenvalue weighted by molar-refractivity contribution is 7.92. The van der Waals surface area contributed by atoms with Crippen molar-refractivity contribution in [2.75, 3.05) is 24.4 Å². The van der Waals surface area contributed by atoms with Gasteiger partial charge in [0.05, 0.1) is 4.90 Å². The molecule has 0 unspecified atom stereocenters. The maximum atomic E-state index is 13.0. The fraction of sp³-hybridized carbons (Fsp3) is 0.364. The molecule has 0 spiro atoms. The summed E-state index contributed by atoms with van der Waals surface area (Å²) in [7, 11) is -3.85. The third kappa shape index (κ3) is 5.81. The summed E-state index contributed by atoms with van der Waals surface area (Å²) in [6.07, 6.45) is 2.13. The van der Waals surface area contributed by atoms with Gasteiger partial charge in [-0.05, 0) is 67.8 Å². The topological polar surface area (TPSA) is 95.6 Å². The van der Waals surface area contributed by atoms with E-state index in [2.05, 4.69) is 10.0 Å². The number of hydrogen-bond donors (Lipinski definition) is 2. The number of carbonyl (C=O) groups is 2. The number of carbonyl (C=O) groups excluding carboxylic acids is 2. The Morgan fingerprint density at radius 3 is 2.23 bits per heavy atom. The molecule has 1 aliphatic heterocycles. The molecule has 7 nitrogen and oxygen atoms in total. The molecule has 2 aromatic rings. The number of benzene rings is 2. The van der Waals surface area contributed by atoms with Gasteiger partial charge < -0.3 is 10.2 Å². The number of nitrogens with zero attached hydrogens (tertiary/aromatic N) is 1. The van der Waals surface area contributed by atoms with E-state index >= 15 is 0 Å². The molecule has 1 aliphatic rings. The molecule has 0 saturated carbocycles. The SMILES string of the molecule is CCCNC(=O)C1CCN(C(=O)c2ccc(NS(=O)(=O)c3ccc(F)cc3)cc2)CC1. The summed E-state index contributed by atoms with van der Waals surface area (Å²) in [5.41, 5.74) is 0.741. The van der Waals surface area contributed by atoms with Gasteiger partial charge in [-0.3, -0.25) is 14.3 Å². The van der Waals surface area contributed by atoms with E-state index in [1.807, 2.05) is 6.92 Å². The monoisotopic (exact) mass is 447 g/mol. The fourth-order valence-electron chi connectivity index (χ4n) is 3.43. The van der Waals surface area contributed by atoms with Gasteiger partial charge in [-0.15, -0.1) is 0 Å². The van der Waals surface area contributed by atoms with Crippen molar-refractivity contribution < 1.29 is 22.4 Å². The highest BCUT2D eigenvalue weighted by Crippen LogP contribution is 2.21. The summed E-state index contributed by atoms with van der Waals surface area (Å²) in [6.45, 7) is 3.67. The molecule has 2 amide bonds. The number of likely N-dealkylation sites (tertiary alicyclic amines) is 1. The van der Waals surface area contributed by atoms with E-state index in [1.54, 1.807) is 17.0 Å². The van der Waals surface area contributed by atoms with Crippen LogP contribution in [0, 0.1) is 11.7 Å². The first-order valence-corrected chi connectivity index (χ1v) is 11.7. The van der Waals surface area contributed by atoms with Gasteiger partial charge in [0.25, 0.3) is 15.9 Å². The van der Waals surface area contributed by atoms with Crippen LogP contribution in [0.4, 0.5) is 10.1 Å². The van der Waals surface area contributed by atoms with Gasteiger partial charge in [-0.25, -0.2) is 12.8 Å². The van der Waals surface area contributed by atoms with Crippen LogP contribution in [0.15, 0.2) is 53.4 Å². The highest BCUT2D eigenvalue weighted by Gasteiger charge is 2.27. The van der Waals surface area contributed by atoms with Crippen LogP contribution in [0.2, 0.25) is 0 Å². The Morgan fingerprint density at radius 2 is 1.65 bits per heavy atom. The van der Waals surface area contributed by atoms with E-state index < -0.39 is 15.8 Å². The smallest absolute Gasteiger partial charge is 0.261 e. The zero-order valence-corrected chi connectivity index (χ0v) is 18.1. The predicted octanol–water partition coefficient (Wildman–Crippen LogP) is 3.00. The van der Waals surface area contributed by atoms with Crippen molar-refractivity contribution in [2.45, 2.75) is 31.1 Å². The van der Waals surface area contributed by atoms with Crippen LogP contribution in [0.1, 0.15) is 36.5 Å². The molecule has 0 radical (unpaired) electrons. The molecule has 0 bridgehead atoms. The standard InChI is InChI=1S/C22H26FN3O4S/c1-2-13-24-21(27)16-11-14-26(15-12-16)22(28)17-3-7-19(8-4-17)25-31(29,30)20-9-5-18(23)6-10-20/h3-10,16,25H,2,11-15H2,1H3,(H,24,27). The first-order valence-electron chi connectivity index (χ1n) is 10.3. The Morgan fingerprint density at radius 1 is 1.03 bits per heavy atom. The second-order valence-electron chi connectivity index (χ2n) is 7.49. The van der Waals surface area contributed by atoms with E-state index in [9.17, 15) is 22.4 Å². The first-order chi connectivity index (χ1) is 14.8. The molecule has 1 saturated heterocycles. The molecule has 2 aromatic carbocycles. The van der Waals surface area contributed by atoms with Crippen LogP contribution in [-0.2, 0) is 14.8 Å². The van der Waals surface area contributed by atoms with Gasteiger partial charge in [0.1, 0.15) is 5.82 Å². The lowest BCUT2D eigenvalue weighted by Gasteiger charge is -2.31. The first kappa shape index (κ1) is 22.7. The summed E-state index contributed by atoms with van der Waals surface area (Å²) in [5.74, 6) is -0.696. The van der Waals surface area contributed by atoms with Crippen LogP contribution in [0.25, 0.3) is 0 Å². The Labute approximate surface area is 181 Å². The van der Waals surface area contributed by atoms with Crippen LogP contribution < -0.4 is 10.0 Å². The quantitative estimate of drug-likeness (QED) is 0.682. The van der Waals surface area contributed by atoms with Gasteiger partial charge in [-0.2, -0.15) is 0 Å². The Balaban J connectivity index is 1.58. The van der Waals surface area contributed by atoms with Gasteiger partial charge in [0.15, 0.2) is 0 Å². The minimum Gasteiger partial charge on any atom is -0.356 e. The van der Waals surface area contributed by atoms with Crippen molar-refractivity contribution >= 4 is 27.5 Å². The average molecular weight is 448 g/mol. The highest BCUT2D eigenvalue weighted by atomic mass is 32.2. The lowest BCUT2D eigenvalue weighted by molar-refractivity contribution is -0.126. The lowest BCUT2D eigenvalue weighted by Crippen LogP contribution is -2.43. The minimum atomic E-state index is -3.85. The molecule has 1 heterocycles. The number of anilines is 1. The normalized spacial score (nSPS) is 14.8. The Bertz CT molecular complexity index is 1020. The summed E-state index contributed by atoms with van der Waals surface area (Å²) < 4.78 is 40.2. The van der Waals surface area contributed by atoms with Crippen LogP contribution in [0.3, 0.4) is 0 Å². The van der Waals surface area contributed by atoms with Crippen molar-refractivity contribution in [3.63, 3.8) is 0 Å². The van der Waals surface area contributed by atoms with Crippen molar-refractivity contribution in [1.82, 2.24) is 10.2 Å². The molecule has 0 atom stereocenters. The van der Waals surface area contributed by atoms with Gasteiger partial charge in [0.2, 0.25) is 5.91 Å². The molecule has 166 valence electrons. The third-order valence-corrected chi connectivity index (χ3v) is 6.61. The summed E-state index contributed by atoms with van der Waals surface area (Å²) >= 11 is 0. The zero-order chi connectivity index (χ0) is 22.4. The maximum absolute atomic E-state index is 13.0. The molecule has 9 heteroatoms.